The second-order valence-electron chi connectivity index (χ2n) is 6.62. The Hall–Kier alpha value is -1.37. The molecule has 5 nitrogen and oxygen atoms in total. The number of aromatic nitrogens is 2. The van der Waals surface area contributed by atoms with E-state index in [9.17, 15) is 4.79 Å². The van der Waals surface area contributed by atoms with Crippen molar-refractivity contribution < 1.29 is 9.64 Å². The summed E-state index contributed by atoms with van der Waals surface area (Å²) in [5.74, 6) is 1.00. The minimum Gasteiger partial charge on any atom is -0.385 e. The Morgan fingerprint density at radius 1 is 1.24 bits per heavy atom. The van der Waals surface area contributed by atoms with Gasteiger partial charge in [-0.05, 0) is 37.8 Å². The van der Waals surface area contributed by atoms with Gasteiger partial charge in [-0.3, -0.25) is 9.36 Å². The van der Waals surface area contributed by atoms with Gasteiger partial charge >= 0.3 is 0 Å². The van der Waals surface area contributed by atoms with E-state index < -0.39 is 0 Å². The van der Waals surface area contributed by atoms with Gasteiger partial charge in [-0.25, -0.2) is 4.98 Å². The molecule has 6 heteroatoms. The monoisotopic (exact) mass is 362 g/mol. The van der Waals surface area contributed by atoms with Crippen LogP contribution in [0.5, 0.6) is 0 Å². The number of rotatable bonds is 8. The third-order valence-electron chi connectivity index (χ3n) is 4.80. The minimum atomic E-state index is 0.0644. The molecular weight excluding hydrogens is 334 g/mol. The highest BCUT2D eigenvalue weighted by Crippen LogP contribution is 2.17. The number of ether oxygens (including phenoxy) is 1. The summed E-state index contributed by atoms with van der Waals surface area (Å²) in [6.07, 6.45) is 4.88. The van der Waals surface area contributed by atoms with E-state index >= 15 is 0 Å². The summed E-state index contributed by atoms with van der Waals surface area (Å²) >= 11 is 1.72. The molecule has 2 aromatic rings. The summed E-state index contributed by atoms with van der Waals surface area (Å²) < 4.78 is 6.98. The summed E-state index contributed by atoms with van der Waals surface area (Å²) in [5.41, 5.74) is 0.859. The van der Waals surface area contributed by atoms with Crippen LogP contribution in [0.4, 0.5) is 0 Å². The molecule has 0 amide bonds. The minimum absolute atomic E-state index is 0.0644. The Kier molecular flexibility index (Phi) is 6.90. The van der Waals surface area contributed by atoms with Crippen molar-refractivity contribution in [3.8, 4) is 0 Å². The Balaban J connectivity index is 1.76. The van der Waals surface area contributed by atoms with Gasteiger partial charge in [-0.15, -0.1) is 0 Å². The zero-order chi connectivity index (χ0) is 17.5. The van der Waals surface area contributed by atoms with Gasteiger partial charge in [-0.1, -0.05) is 23.9 Å². The molecule has 0 spiro atoms. The molecule has 0 atom stereocenters. The number of piperidine rings is 1. The molecule has 1 aliphatic rings. The van der Waals surface area contributed by atoms with E-state index in [4.69, 9.17) is 9.72 Å². The number of para-hydroxylation sites is 1. The van der Waals surface area contributed by atoms with E-state index in [1.807, 2.05) is 28.8 Å². The Morgan fingerprint density at radius 2 is 2.04 bits per heavy atom. The van der Waals surface area contributed by atoms with Gasteiger partial charge in [0.1, 0.15) is 0 Å². The van der Waals surface area contributed by atoms with Crippen molar-refractivity contribution in [1.82, 2.24) is 9.55 Å². The first kappa shape index (κ1) is 18.4. The second-order valence-corrected chi connectivity index (χ2v) is 7.69. The molecular formula is C19H28N3O2S+. The second kappa shape index (κ2) is 9.36. The van der Waals surface area contributed by atoms with E-state index in [2.05, 4.69) is 0 Å². The van der Waals surface area contributed by atoms with Crippen LogP contribution in [0.1, 0.15) is 25.7 Å². The van der Waals surface area contributed by atoms with Crippen molar-refractivity contribution in [1.29, 1.82) is 0 Å². The van der Waals surface area contributed by atoms with E-state index in [0.29, 0.717) is 18.5 Å². The van der Waals surface area contributed by atoms with Crippen molar-refractivity contribution in [2.45, 2.75) is 37.4 Å². The quantitative estimate of drug-likeness (QED) is 0.440. The lowest BCUT2D eigenvalue weighted by atomic mass is 10.1. The fourth-order valence-corrected chi connectivity index (χ4v) is 4.48. The third-order valence-corrected chi connectivity index (χ3v) is 5.78. The Labute approximate surface area is 153 Å². The molecule has 0 radical (unpaired) electrons. The van der Waals surface area contributed by atoms with Gasteiger partial charge in [0.2, 0.25) is 0 Å². The van der Waals surface area contributed by atoms with Gasteiger partial charge < -0.3 is 9.64 Å². The lowest BCUT2D eigenvalue weighted by molar-refractivity contribution is -0.902. The van der Waals surface area contributed by atoms with E-state index in [1.165, 1.54) is 32.4 Å². The molecule has 1 aromatic heterocycles. The average Bonchev–Trinajstić information content (AvgIpc) is 2.65. The van der Waals surface area contributed by atoms with Crippen molar-refractivity contribution in [3.63, 3.8) is 0 Å². The van der Waals surface area contributed by atoms with Crippen LogP contribution in [0, 0.1) is 0 Å². The van der Waals surface area contributed by atoms with Crippen LogP contribution in [0.3, 0.4) is 0 Å². The zero-order valence-corrected chi connectivity index (χ0v) is 15.8. The zero-order valence-electron chi connectivity index (χ0n) is 15.0. The van der Waals surface area contributed by atoms with Crippen molar-refractivity contribution in [2.75, 3.05) is 39.1 Å². The number of quaternary nitrogens is 1. The number of fused-ring (bicyclic) bond motifs is 1. The molecule has 0 bridgehead atoms. The topological polar surface area (TPSA) is 48.6 Å². The maximum atomic E-state index is 12.9. The standard InChI is InChI=1S/C19H27N3O2S/c1-24-14-7-12-22-18(23)16-8-3-4-9-17(16)20-19(22)25-15-13-21-10-5-2-6-11-21/h3-4,8-9H,2,5-7,10-15H2,1H3/p+1. The molecule has 0 unspecified atom stereocenters. The van der Waals surface area contributed by atoms with Crippen molar-refractivity contribution in [2.24, 2.45) is 0 Å². The van der Waals surface area contributed by atoms with Crippen molar-refractivity contribution in [3.05, 3.63) is 34.6 Å². The van der Waals surface area contributed by atoms with Gasteiger partial charge in [-0.2, -0.15) is 0 Å². The predicted octanol–water partition coefficient (Wildman–Crippen LogP) is 1.59. The third kappa shape index (κ3) is 4.84. The van der Waals surface area contributed by atoms with Crippen LogP contribution in [-0.2, 0) is 11.3 Å². The highest BCUT2D eigenvalue weighted by Gasteiger charge is 2.15. The van der Waals surface area contributed by atoms with E-state index in [-0.39, 0.29) is 5.56 Å². The number of benzene rings is 1. The molecule has 1 aromatic carbocycles. The van der Waals surface area contributed by atoms with Gasteiger partial charge in [0, 0.05) is 20.3 Å². The summed E-state index contributed by atoms with van der Waals surface area (Å²) in [4.78, 5) is 19.3. The smallest absolute Gasteiger partial charge is 0.262 e. The maximum Gasteiger partial charge on any atom is 0.262 e. The fourth-order valence-electron chi connectivity index (χ4n) is 3.41. The molecule has 2 heterocycles. The molecule has 1 aliphatic heterocycles. The van der Waals surface area contributed by atoms with Gasteiger partial charge in [0.25, 0.3) is 5.56 Å². The van der Waals surface area contributed by atoms with E-state index in [0.717, 1.165) is 29.4 Å². The molecule has 1 fully saturated rings. The van der Waals surface area contributed by atoms with E-state index in [1.54, 1.807) is 23.8 Å². The lowest BCUT2D eigenvalue weighted by Crippen LogP contribution is -3.13. The normalized spacial score (nSPS) is 15.7. The van der Waals surface area contributed by atoms with Crippen LogP contribution in [0.25, 0.3) is 10.9 Å². The number of hydrogen-bond donors (Lipinski definition) is 1. The highest BCUT2D eigenvalue weighted by atomic mass is 32.2. The number of hydrogen-bond acceptors (Lipinski definition) is 4. The maximum absolute atomic E-state index is 12.9. The summed E-state index contributed by atoms with van der Waals surface area (Å²) in [6, 6.07) is 7.63. The first-order chi connectivity index (χ1) is 12.3. The SMILES string of the molecule is COCCCn1c(SCC[NH+]2CCCCC2)nc2ccccc2c1=O. The number of nitrogens with zero attached hydrogens (tertiary/aromatic N) is 2. The Bertz CT molecular complexity index is 741. The summed E-state index contributed by atoms with van der Waals surface area (Å²) in [6.45, 7) is 5.02. The molecule has 1 saturated heterocycles. The molecule has 136 valence electrons. The number of nitrogens with one attached hydrogen (secondary N) is 1. The van der Waals surface area contributed by atoms with Crippen molar-refractivity contribution >= 4 is 22.7 Å². The van der Waals surface area contributed by atoms with Crippen LogP contribution >= 0.6 is 11.8 Å². The molecule has 0 aliphatic carbocycles. The summed E-state index contributed by atoms with van der Waals surface area (Å²) in [7, 11) is 1.69. The highest BCUT2D eigenvalue weighted by molar-refractivity contribution is 7.99. The van der Waals surface area contributed by atoms with Crippen LogP contribution < -0.4 is 10.5 Å². The lowest BCUT2D eigenvalue weighted by Gasteiger charge is -2.23. The van der Waals surface area contributed by atoms with Crippen LogP contribution in [0.15, 0.2) is 34.2 Å². The molecule has 25 heavy (non-hydrogen) atoms. The fraction of sp³-hybridized carbons (Fsp3) is 0.579. The Morgan fingerprint density at radius 3 is 2.84 bits per heavy atom. The van der Waals surface area contributed by atoms with Crippen LogP contribution in [-0.4, -0.2) is 48.7 Å². The molecule has 0 saturated carbocycles. The molecule has 3 rings (SSSR count). The van der Waals surface area contributed by atoms with Gasteiger partial charge in [0.05, 0.1) is 36.3 Å². The average molecular weight is 363 g/mol. The molecule has 1 N–H and O–H groups in total. The summed E-state index contributed by atoms with van der Waals surface area (Å²) in [5, 5.41) is 1.54. The number of likely N-dealkylation sites (tertiary alicyclic amines) is 1. The first-order valence-electron chi connectivity index (χ1n) is 9.24. The number of thioether (sulfide) groups is 1. The largest absolute Gasteiger partial charge is 0.385 e. The van der Waals surface area contributed by atoms with Crippen LogP contribution in [0.2, 0.25) is 0 Å². The predicted molar refractivity (Wildman–Crippen MR) is 103 cm³/mol. The van der Waals surface area contributed by atoms with Gasteiger partial charge in [0.15, 0.2) is 5.16 Å². The first-order valence-corrected chi connectivity index (χ1v) is 10.2. The number of methoxy groups -OCH3 is 1.